The summed E-state index contributed by atoms with van der Waals surface area (Å²) >= 11 is 6.04. The van der Waals surface area contributed by atoms with Crippen LogP contribution in [0.3, 0.4) is 0 Å². The molecule has 0 aromatic heterocycles. The first kappa shape index (κ1) is 28.2. The second-order valence-corrected chi connectivity index (χ2v) is 10.3. The number of allylic oxidation sites excluding steroid dienone is 1. The first-order valence-corrected chi connectivity index (χ1v) is 13.6. The summed E-state index contributed by atoms with van der Waals surface area (Å²) in [6.07, 6.45) is 9.18. The Balaban J connectivity index is 0.000000287. The molecule has 186 valence electrons. The van der Waals surface area contributed by atoms with Crippen LogP contribution in [0.4, 0.5) is 0 Å². The van der Waals surface area contributed by atoms with Gasteiger partial charge in [-0.2, -0.15) is 0 Å². The highest BCUT2D eigenvalue weighted by molar-refractivity contribution is 6.32. The highest BCUT2D eigenvalue weighted by Crippen LogP contribution is 2.34. The average molecular weight is 480 g/mol. The van der Waals surface area contributed by atoms with Crippen molar-refractivity contribution in [2.24, 2.45) is 11.8 Å². The standard InChI is InChI=1S/C21H33N.C11H13Cl/c1-5-8-19(9-6-2)20-12-14-22(15-13-20)18(4)21-11-7-10-17(3)16-21;1-4-9-6-5-7-10(12)11(9)8(2)3/h7,10-11,16,19-20H,4-6,8-9,12-15H2,1-3H3;5-7H,2,4H2,1,3H3. The maximum Gasteiger partial charge on any atom is 0.0483 e. The topological polar surface area (TPSA) is 3.24 Å². The molecule has 0 aliphatic carbocycles. The normalized spacial score (nSPS) is 14.0. The Labute approximate surface area is 214 Å². The van der Waals surface area contributed by atoms with Crippen LogP contribution in [-0.4, -0.2) is 18.0 Å². The predicted octanol–water partition coefficient (Wildman–Crippen LogP) is 9.83. The Hall–Kier alpha value is -1.99. The van der Waals surface area contributed by atoms with Gasteiger partial charge in [0.05, 0.1) is 0 Å². The van der Waals surface area contributed by atoms with Crippen molar-refractivity contribution in [1.29, 1.82) is 0 Å². The fourth-order valence-corrected chi connectivity index (χ4v) is 5.70. The van der Waals surface area contributed by atoms with E-state index in [-0.39, 0.29) is 0 Å². The summed E-state index contributed by atoms with van der Waals surface area (Å²) < 4.78 is 0. The summed E-state index contributed by atoms with van der Waals surface area (Å²) in [5.41, 5.74) is 7.25. The van der Waals surface area contributed by atoms with Crippen LogP contribution in [0.25, 0.3) is 11.3 Å². The van der Waals surface area contributed by atoms with Crippen LogP contribution in [0.2, 0.25) is 5.02 Å². The summed E-state index contributed by atoms with van der Waals surface area (Å²) in [7, 11) is 0. The summed E-state index contributed by atoms with van der Waals surface area (Å²) in [6, 6.07) is 14.7. The minimum absolute atomic E-state index is 0.807. The molecule has 0 amide bonds. The molecule has 0 N–H and O–H groups in total. The highest BCUT2D eigenvalue weighted by Gasteiger charge is 2.26. The number of aryl methyl sites for hydroxylation is 2. The molecule has 2 heteroatoms. The number of nitrogens with zero attached hydrogens (tertiary/aromatic N) is 1. The van der Waals surface area contributed by atoms with Crippen molar-refractivity contribution >= 4 is 22.9 Å². The molecule has 0 bridgehead atoms. The summed E-state index contributed by atoms with van der Waals surface area (Å²) in [5.74, 6) is 1.88. The van der Waals surface area contributed by atoms with Gasteiger partial charge in [0, 0.05) is 23.8 Å². The fraction of sp³-hybridized carbons (Fsp3) is 0.500. The van der Waals surface area contributed by atoms with Crippen molar-refractivity contribution in [2.45, 2.75) is 79.6 Å². The van der Waals surface area contributed by atoms with Crippen molar-refractivity contribution in [2.75, 3.05) is 13.1 Å². The minimum Gasteiger partial charge on any atom is -0.372 e. The molecule has 2 aromatic rings. The molecule has 3 rings (SSSR count). The van der Waals surface area contributed by atoms with E-state index in [9.17, 15) is 0 Å². The van der Waals surface area contributed by atoms with E-state index < -0.39 is 0 Å². The first-order valence-electron chi connectivity index (χ1n) is 13.3. The number of hydrogen-bond acceptors (Lipinski definition) is 1. The van der Waals surface area contributed by atoms with E-state index in [1.54, 1.807) is 0 Å². The third-order valence-electron chi connectivity index (χ3n) is 7.17. The van der Waals surface area contributed by atoms with Crippen LogP contribution in [0.1, 0.15) is 88.5 Å². The lowest BCUT2D eigenvalue weighted by Gasteiger charge is -2.38. The Morgan fingerprint density at radius 1 is 1.00 bits per heavy atom. The van der Waals surface area contributed by atoms with E-state index in [2.05, 4.69) is 76.1 Å². The van der Waals surface area contributed by atoms with Crippen molar-refractivity contribution in [3.05, 3.63) is 82.9 Å². The fourth-order valence-electron chi connectivity index (χ4n) is 5.35. The lowest BCUT2D eigenvalue weighted by atomic mass is 9.79. The molecule has 1 heterocycles. The molecule has 0 saturated carbocycles. The van der Waals surface area contributed by atoms with E-state index in [1.807, 2.05) is 19.1 Å². The summed E-state index contributed by atoms with van der Waals surface area (Å²) in [5, 5.41) is 0.807. The lowest BCUT2D eigenvalue weighted by Crippen LogP contribution is -2.34. The monoisotopic (exact) mass is 479 g/mol. The number of hydrogen-bond donors (Lipinski definition) is 0. The first-order chi connectivity index (χ1) is 16.3. The van der Waals surface area contributed by atoms with E-state index in [4.69, 9.17) is 11.6 Å². The van der Waals surface area contributed by atoms with Crippen LogP contribution in [0, 0.1) is 18.8 Å². The molecule has 1 fully saturated rings. The summed E-state index contributed by atoms with van der Waals surface area (Å²) in [6.45, 7) is 21.6. The number of halogens is 1. The lowest BCUT2D eigenvalue weighted by molar-refractivity contribution is 0.178. The van der Waals surface area contributed by atoms with Gasteiger partial charge in [0.1, 0.15) is 0 Å². The molecule has 0 unspecified atom stereocenters. The third-order valence-corrected chi connectivity index (χ3v) is 7.48. The van der Waals surface area contributed by atoms with E-state index in [0.717, 1.165) is 34.4 Å². The van der Waals surface area contributed by atoms with Gasteiger partial charge in [-0.1, -0.05) is 107 Å². The van der Waals surface area contributed by atoms with Gasteiger partial charge in [-0.3, -0.25) is 0 Å². The molecule has 1 aliphatic rings. The van der Waals surface area contributed by atoms with Crippen LogP contribution in [0.5, 0.6) is 0 Å². The zero-order chi connectivity index (χ0) is 25.1. The molecule has 34 heavy (non-hydrogen) atoms. The molecular weight excluding hydrogens is 434 g/mol. The van der Waals surface area contributed by atoms with Crippen molar-refractivity contribution in [1.82, 2.24) is 4.90 Å². The smallest absolute Gasteiger partial charge is 0.0483 e. The van der Waals surface area contributed by atoms with Gasteiger partial charge in [0.25, 0.3) is 0 Å². The molecule has 1 nitrogen and oxygen atoms in total. The van der Waals surface area contributed by atoms with Crippen molar-refractivity contribution in [3.63, 3.8) is 0 Å². The van der Waals surface area contributed by atoms with Gasteiger partial charge < -0.3 is 4.90 Å². The molecule has 0 atom stereocenters. The van der Waals surface area contributed by atoms with Gasteiger partial charge in [-0.25, -0.2) is 0 Å². The highest BCUT2D eigenvalue weighted by atomic mass is 35.5. The average Bonchev–Trinajstić information content (AvgIpc) is 2.83. The van der Waals surface area contributed by atoms with Gasteiger partial charge in [-0.15, -0.1) is 0 Å². The van der Waals surface area contributed by atoms with Gasteiger partial charge in [0.2, 0.25) is 0 Å². The molecule has 1 aliphatic heterocycles. The van der Waals surface area contributed by atoms with Crippen LogP contribution in [-0.2, 0) is 6.42 Å². The minimum atomic E-state index is 0.807. The Bertz CT molecular complexity index is 914. The van der Waals surface area contributed by atoms with Gasteiger partial charge in [-0.05, 0) is 79.3 Å². The van der Waals surface area contributed by atoms with Gasteiger partial charge in [0.15, 0.2) is 0 Å². The Morgan fingerprint density at radius 3 is 2.12 bits per heavy atom. The quantitative estimate of drug-likeness (QED) is 0.345. The van der Waals surface area contributed by atoms with Gasteiger partial charge >= 0.3 is 0 Å². The molecule has 0 spiro atoms. The molecule has 1 saturated heterocycles. The zero-order valence-electron chi connectivity index (χ0n) is 22.3. The Kier molecular flexibility index (Phi) is 12.0. The third kappa shape index (κ3) is 8.05. The molecular formula is C32H46ClN. The van der Waals surface area contributed by atoms with Crippen molar-refractivity contribution in [3.8, 4) is 0 Å². The second-order valence-electron chi connectivity index (χ2n) is 9.89. The largest absolute Gasteiger partial charge is 0.372 e. The number of rotatable bonds is 9. The van der Waals surface area contributed by atoms with E-state index >= 15 is 0 Å². The number of likely N-dealkylation sites (tertiary alicyclic amines) is 1. The zero-order valence-corrected chi connectivity index (χ0v) is 23.1. The second kappa shape index (κ2) is 14.4. The predicted molar refractivity (Wildman–Crippen MR) is 153 cm³/mol. The number of piperidine rings is 1. The van der Waals surface area contributed by atoms with Crippen LogP contribution in [0.15, 0.2) is 55.6 Å². The molecule has 2 aromatic carbocycles. The summed E-state index contributed by atoms with van der Waals surface area (Å²) in [4.78, 5) is 2.50. The van der Waals surface area contributed by atoms with Crippen LogP contribution < -0.4 is 0 Å². The van der Waals surface area contributed by atoms with Crippen molar-refractivity contribution < 1.29 is 0 Å². The van der Waals surface area contributed by atoms with E-state index in [0.29, 0.717) is 0 Å². The van der Waals surface area contributed by atoms with Crippen LogP contribution >= 0.6 is 11.6 Å². The maximum atomic E-state index is 6.04. The molecule has 0 radical (unpaired) electrons. The Morgan fingerprint density at radius 2 is 1.62 bits per heavy atom. The van der Waals surface area contributed by atoms with E-state index in [1.165, 1.54) is 74.0 Å². The maximum absolute atomic E-state index is 6.04. The SMILES string of the molecule is C=C(C)c1c(Cl)cccc1CC.C=C(c1cccc(C)c1)N1CCC(C(CCC)CCC)CC1. The number of benzene rings is 2.